The molecule has 0 saturated carbocycles. The van der Waals surface area contributed by atoms with Crippen molar-refractivity contribution in [3.05, 3.63) is 29.3 Å². The van der Waals surface area contributed by atoms with Gasteiger partial charge in [-0.25, -0.2) is 0 Å². The third-order valence-corrected chi connectivity index (χ3v) is 2.90. The molecule has 0 amide bonds. The normalized spacial score (nSPS) is 12.0. The molecule has 0 fully saturated rings. The molecular weight excluding hydrogens is 255 g/mol. The lowest BCUT2D eigenvalue weighted by Gasteiger charge is -2.25. The van der Waals surface area contributed by atoms with Gasteiger partial charge in [-0.2, -0.15) is 13.2 Å². The minimum Gasteiger partial charge on any atom is -0.373 e. The lowest BCUT2D eigenvalue weighted by atomic mass is 10.1. The molecule has 1 aromatic rings. The zero-order chi connectivity index (χ0) is 14.6. The SMILES string of the molecule is CN(C)CCN(C)c1ccc(CN)cc1C(F)(F)F. The first-order valence-electron chi connectivity index (χ1n) is 6.01. The maximum atomic E-state index is 13.0. The minimum atomic E-state index is -4.37. The van der Waals surface area contributed by atoms with Crippen LogP contribution < -0.4 is 10.6 Å². The van der Waals surface area contributed by atoms with Crippen LogP contribution >= 0.6 is 0 Å². The first-order chi connectivity index (χ1) is 8.75. The molecule has 0 aromatic heterocycles. The number of likely N-dealkylation sites (N-methyl/N-ethyl adjacent to an activating group) is 2. The van der Waals surface area contributed by atoms with Crippen molar-refractivity contribution in [3.8, 4) is 0 Å². The Labute approximate surface area is 111 Å². The van der Waals surface area contributed by atoms with E-state index in [1.54, 1.807) is 18.0 Å². The fourth-order valence-corrected chi connectivity index (χ4v) is 1.74. The van der Waals surface area contributed by atoms with Gasteiger partial charge in [0.1, 0.15) is 0 Å². The fourth-order valence-electron chi connectivity index (χ4n) is 1.74. The average Bonchev–Trinajstić information content (AvgIpc) is 2.34. The van der Waals surface area contributed by atoms with Crippen molar-refractivity contribution in [2.45, 2.75) is 12.7 Å². The second-order valence-corrected chi connectivity index (χ2v) is 4.78. The van der Waals surface area contributed by atoms with Gasteiger partial charge < -0.3 is 15.5 Å². The first-order valence-corrected chi connectivity index (χ1v) is 6.01. The molecule has 0 radical (unpaired) electrons. The molecule has 0 bridgehead atoms. The topological polar surface area (TPSA) is 32.5 Å². The molecule has 0 atom stereocenters. The molecule has 0 aliphatic rings. The van der Waals surface area contributed by atoms with E-state index in [1.165, 1.54) is 6.07 Å². The van der Waals surface area contributed by atoms with Crippen molar-refractivity contribution >= 4 is 5.69 Å². The van der Waals surface area contributed by atoms with Crippen LogP contribution in [0, 0.1) is 0 Å². The Bertz CT molecular complexity index is 416. The summed E-state index contributed by atoms with van der Waals surface area (Å²) in [6, 6.07) is 4.25. The van der Waals surface area contributed by atoms with Gasteiger partial charge in [-0.05, 0) is 31.8 Å². The van der Waals surface area contributed by atoms with Gasteiger partial charge in [-0.1, -0.05) is 6.07 Å². The molecule has 19 heavy (non-hydrogen) atoms. The van der Waals surface area contributed by atoms with E-state index in [0.29, 0.717) is 18.7 Å². The summed E-state index contributed by atoms with van der Waals surface area (Å²) in [6.45, 7) is 1.31. The lowest BCUT2D eigenvalue weighted by molar-refractivity contribution is -0.137. The number of rotatable bonds is 5. The van der Waals surface area contributed by atoms with Crippen LogP contribution in [0.2, 0.25) is 0 Å². The molecule has 0 spiro atoms. The number of hydrogen-bond acceptors (Lipinski definition) is 3. The quantitative estimate of drug-likeness (QED) is 0.894. The van der Waals surface area contributed by atoms with E-state index in [-0.39, 0.29) is 12.2 Å². The molecule has 108 valence electrons. The number of nitrogens with zero attached hydrogens (tertiary/aromatic N) is 2. The Kier molecular flexibility index (Phi) is 5.20. The third kappa shape index (κ3) is 4.40. The van der Waals surface area contributed by atoms with Crippen LogP contribution in [0.3, 0.4) is 0 Å². The van der Waals surface area contributed by atoms with E-state index >= 15 is 0 Å². The van der Waals surface area contributed by atoms with Crippen LogP contribution in [0.4, 0.5) is 18.9 Å². The Morgan fingerprint density at radius 2 is 1.74 bits per heavy atom. The Hall–Kier alpha value is -1.27. The van der Waals surface area contributed by atoms with Gasteiger partial charge in [0, 0.05) is 32.4 Å². The number of anilines is 1. The largest absolute Gasteiger partial charge is 0.418 e. The van der Waals surface area contributed by atoms with Crippen LogP contribution in [0.25, 0.3) is 0 Å². The molecule has 0 unspecified atom stereocenters. The minimum absolute atomic E-state index is 0.102. The maximum Gasteiger partial charge on any atom is 0.418 e. The van der Waals surface area contributed by atoms with Gasteiger partial charge in [0.15, 0.2) is 0 Å². The number of alkyl halides is 3. The second-order valence-electron chi connectivity index (χ2n) is 4.78. The molecule has 3 nitrogen and oxygen atoms in total. The van der Waals surface area contributed by atoms with E-state index in [1.807, 2.05) is 19.0 Å². The predicted molar refractivity (Wildman–Crippen MR) is 71.2 cm³/mol. The standard InChI is InChI=1S/C13H20F3N3/c1-18(2)6-7-19(3)12-5-4-10(9-17)8-11(12)13(14,15)16/h4-5,8H,6-7,9,17H2,1-3H3. The fraction of sp³-hybridized carbons (Fsp3) is 0.538. The zero-order valence-corrected chi connectivity index (χ0v) is 11.5. The molecule has 0 heterocycles. The molecule has 6 heteroatoms. The number of halogens is 3. The van der Waals surface area contributed by atoms with Crippen LogP contribution in [-0.2, 0) is 12.7 Å². The highest BCUT2D eigenvalue weighted by Gasteiger charge is 2.34. The van der Waals surface area contributed by atoms with Gasteiger partial charge in [-0.15, -0.1) is 0 Å². The predicted octanol–water partition coefficient (Wildman–Crippen LogP) is 2.16. The van der Waals surface area contributed by atoms with E-state index in [0.717, 1.165) is 6.07 Å². The number of benzene rings is 1. The van der Waals surface area contributed by atoms with Crippen molar-refractivity contribution in [3.63, 3.8) is 0 Å². The maximum absolute atomic E-state index is 13.0. The molecule has 0 aliphatic carbocycles. The number of hydrogen-bond donors (Lipinski definition) is 1. The lowest BCUT2D eigenvalue weighted by Crippen LogP contribution is -2.30. The second kappa shape index (κ2) is 6.25. The molecule has 1 aromatic carbocycles. The van der Waals surface area contributed by atoms with Gasteiger partial charge in [0.25, 0.3) is 0 Å². The van der Waals surface area contributed by atoms with Crippen molar-refractivity contribution in [1.82, 2.24) is 4.90 Å². The number of nitrogens with two attached hydrogens (primary N) is 1. The third-order valence-electron chi connectivity index (χ3n) is 2.90. The zero-order valence-electron chi connectivity index (χ0n) is 11.5. The van der Waals surface area contributed by atoms with E-state index in [4.69, 9.17) is 5.73 Å². The van der Waals surface area contributed by atoms with Crippen LogP contribution in [0.1, 0.15) is 11.1 Å². The monoisotopic (exact) mass is 275 g/mol. The van der Waals surface area contributed by atoms with Crippen LogP contribution in [0.5, 0.6) is 0 Å². The van der Waals surface area contributed by atoms with Gasteiger partial charge in [0.05, 0.1) is 5.56 Å². The van der Waals surface area contributed by atoms with Gasteiger partial charge in [-0.3, -0.25) is 0 Å². The summed E-state index contributed by atoms with van der Waals surface area (Å²) < 4.78 is 39.1. The summed E-state index contributed by atoms with van der Waals surface area (Å²) in [5, 5.41) is 0. The highest BCUT2D eigenvalue weighted by Crippen LogP contribution is 2.36. The van der Waals surface area contributed by atoms with Gasteiger partial charge in [0.2, 0.25) is 0 Å². The van der Waals surface area contributed by atoms with Crippen LogP contribution in [-0.4, -0.2) is 39.1 Å². The van der Waals surface area contributed by atoms with Gasteiger partial charge >= 0.3 is 6.18 Å². The smallest absolute Gasteiger partial charge is 0.373 e. The molecule has 0 saturated heterocycles. The summed E-state index contributed by atoms with van der Waals surface area (Å²) in [5.41, 5.74) is 5.44. The van der Waals surface area contributed by atoms with Crippen LogP contribution in [0.15, 0.2) is 18.2 Å². The Morgan fingerprint density at radius 1 is 1.11 bits per heavy atom. The molecule has 1 rings (SSSR count). The Balaban J connectivity index is 3.05. The average molecular weight is 275 g/mol. The summed E-state index contributed by atoms with van der Waals surface area (Å²) >= 11 is 0. The molecule has 2 N–H and O–H groups in total. The highest BCUT2D eigenvalue weighted by molar-refractivity contribution is 5.56. The van der Waals surface area contributed by atoms with Crippen molar-refractivity contribution in [2.75, 3.05) is 39.1 Å². The molecular formula is C13H20F3N3. The highest BCUT2D eigenvalue weighted by atomic mass is 19.4. The summed E-state index contributed by atoms with van der Waals surface area (Å²) in [4.78, 5) is 3.54. The molecule has 0 aliphatic heterocycles. The summed E-state index contributed by atoms with van der Waals surface area (Å²) in [6.07, 6.45) is -4.37. The summed E-state index contributed by atoms with van der Waals surface area (Å²) in [7, 11) is 5.43. The van der Waals surface area contributed by atoms with Crippen molar-refractivity contribution < 1.29 is 13.2 Å². The van der Waals surface area contributed by atoms with E-state index in [2.05, 4.69) is 0 Å². The first kappa shape index (κ1) is 15.8. The Morgan fingerprint density at radius 3 is 2.21 bits per heavy atom. The van der Waals surface area contributed by atoms with Crippen molar-refractivity contribution in [2.24, 2.45) is 5.73 Å². The van der Waals surface area contributed by atoms with E-state index in [9.17, 15) is 13.2 Å². The van der Waals surface area contributed by atoms with Crippen molar-refractivity contribution in [1.29, 1.82) is 0 Å². The van der Waals surface area contributed by atoms with E-state index < -0.39 is 11.7 Å². The summed E-state index contributed by atoms with van der Waals surface area (Å²) in [5.74, 6) is 0.